The molecule has 2 nitrogen and oxygen atoms in total. The molecule has 0 radical (unpaired) electrons. The van der Waals surface area contributed by atoms with Gasteiger partial charge in [-0.25, -0.2) is 0 Å². The third kappa shape index (κ3) is 2.52. The molecule has 2 heteroatoms. The Labute approximate surface area is 103 Å². The molecular weight excluding hydrogens is 210 g/mol. The minimum Gasteiger partial charge on any atom is -0.459 e. The Bertz CT molecular complexity index is 513. The maximum Gasteiger partial charge on any atom is 0.137 e. The van der Waals surface area contributed by atoms with Crippen LogP contribution in [-0.2, 0) is 0 Å². The van der Waals surface area contributed by atoms with E-state index in [4.69, 9.17) is 4.42 Å². The summed E-state index contributed by atoms with van der Waals surface area (Å²) in [6.45, 7) is 9.57. The van der Waals surface area contributed by atoms with Crippen LogP contribution in [0.5, 0.6) is 0 Å². The average molecular weight is 231 g/mol. The maximum atomic E-state index is 5.95. The van der Waals surface area contributed by atoms with E-state index >= 15 is 0 Å². The maximum absolute atomic E-state index is 5.95. The highest BCUT2D eigenvalue weighted by Crippen LogP contribution is 2.27. The highest BCUT2D eigenvalue weighted by molar-refractivity contribution is 5.81. The summed E-state index contributed by atoms with van der Waals surface area (Å²) in [6.07, 6.45) is 1.14. The first-order valence-electron chi connectivity index (χ1n) is 6.36. The van der Waals surface area contributed by atoms with Gasteiger partial charge in [0, 0.05) is 5.39 Å². The zero-order chi connectivity index (χ0) is 12.4. The van der Waals surface area contributed by atoms with Gasteiger partial charge in [-0.3, -0.25) is 0 Å². The van der Waals surface area contributed by atoms with Crippen molar-refractivity contribution < 1.29 is 4.42 Å². The Morgan fingerprint density at radius 1 is 1.24 bits per heavy atom. The largest absolute Gasteiger partial charge is 0.459 e. The van der Waals surface area contributed by atoms with Gasteiger partial charge in [-0.2, -0.15) is 0 Å². The number of nitrogens with one attached hydrogen (secondary N) is 1. The van der Waals surface area contributed by atoms with E-state index in [1.807, 2.05) is 0 Å². The van der Waals surface area contributed by atoms with Crippen molar-refractivity contribution in [2.24, 2.45) is 0 Å². The Morgan fingerprint density at radius 3 is 2.71 bits per heavy atom. The first-order valence-corrected chi connectivity index (χ1v) is 6.36. The summed E-state index contributed by atoms with van der Waals surface area (Å²) in [4.78, 5) is 0. The second kappa shape index (κ2) is 4.92. The summed E-state index contributed by atoms with van der Waals surface area (Å²) < 4.78 is 5.95. The zero-order valence-corrected chi connectivity index (χ0v) is 11.1. The van der Waals surface area contributed by atoms with Crippen LogP contribution >= 0.6 is 0 Å². The van der Waals surface area contributed by atoms with Crippen LogP contribution in [0.3, 0.4) is 0 Å². The molecule has 2 aromatic rings. The summed E-state index contributed by atoms with van der Waals surface area (Å²) in [5.74, 6) is 1.03. The minimum absolute atomic E-state index is 0.280. The number of furan rings is 1. The Morgan fingerprint density at radius 2 is 2.00 bits per heavy atom. The summed E-state index contributed by atoms with van der Waals surface area (Å²) >= 11 is 0. The van der Waals surface area contributed by atoms with Crippen molar-refractivity contribution in [3.05, 3.63) is 35.1 Å². The molecule has 1 aromatic carbocycles. The molecule has 0 spiro atoms. The van der Waals surface area contributed by atoms with Crippen LogP contribution in [0, 0.1) is 13.8 Å². The third-order valence-electron chi connectivity index (χ3n) is 3.09. The summed E-state index contributed by atoms with van der Waals surface area (Å²) in [5, 5.41) is 4.66. The van der Waals surface area contributed by atoms with Crippen molar-refractivity contribution in [1.82, 2.24) is 5.32 Å². The number of rotatable bonds is 4. The molecule has 1 atom stereocenters. The highest BCUT2D eigenvalue weighted by atomic mass is 16.3. The van der Waals surface area contributed by atoms with E-state index in [-0.39, 0.29) is 6.04 Å². The normalized spacial score (nSPS) is 13.2. The van der Waals surface area contributed by atoms with Crippen LogP contribution in [-0.4, -0.2) is 6.54 Å². The van der Waals surface area contributed by atoms with Gasteiger partial charge in [-0.15, -0.1) is 0 Å². The lowest BCUT2D eigenvalue weighted by Gasteiger charge is -2.09. The average Bonchev–Trinajstić information content (AvgIpc) is 2.69. The Kier molecular flexibility index (Phi) is 3.53. The summed E-state index contributed by atoms with van der Waals surface area (Å²) in [6, 6.07) is 6.78. The topological polar surface area (TPSA) is 25.2 Å². The smallest absolute Gasteiger partial charge is 0.137 e. The SMILES string of the molecule is CCCNC(C)c1cc2cc(C)cc(C)c2o1. The number of benzene rings is 1. The van der Waals surface area contributed by atoms with E-state index in [9.17, 15) is 0 Å². The number of hydrogen-bond donors (Lipinski definition) is 1. The van der Waals surface area contributed by atoms with Gasteiger partial charge in [-0.1, -0.05) is 18.6 Å². The van der Waals surface area contributed by atoms with Gasteiger partial charge in [0.05, 0.1) is 6.04 Å². The summed E-state index contributed by atoms with van der Waals surface area (Å²) in [5.41, 5.74) is 3.53. The fourth-order valence-electron chi connectivity index (χ4n) is 2.21. The van der Waals surface area contributed by atoms with Crippen molar-refractivity contribution in [2.45, 2.75) is 40.2 Å². The molecule has 17 heavy (non-hydrogen) atoms. The Hall–Kier alpha value is -1.28. The standard InChI is InChI=1S/C15H21NO/c1-5-6-16-12(4)14-9-13-8-10(2)7-11(3)15(13)17-14/h7-9,12,16H,5-6H2,1-4H3. The predicted octanol–water partition coefficient (Wildman–Crippen LogP) is 4.11. The zero-order valence-electron chi connectivity index (χ0n) is 11.1. The fourth-order valence-corrected chi connectivity index (χ4v) is 2.21. The lowest BCUT2D eigenvalue weighted by molar-refractivity contribution is 0.451. The van der Waals surface area contributed by atoms with Crippen molar-refractivity contribution in [3.8, 4) is 0 Å². The van der Waals surface area contributed by atoms with E-state index in [0.29, 0.717) is 0 Å². The first-order chi connectivity index (χ1) is 8.11. The molecule has 0 aliphatic heterocycles. The molecule has 0 fully saturated rings. The van der Waals surface area contributed by atoms with Crippen LogP contribution in [0.2, 0.25) is 0 Å². The van der Waals surface area contributed by atoms with Crippen LogP contribution in [0.15, 0.2) is 22.6 Å². The van der Waals surface area contributed by atoms with Crippen LogP contribution in [0.1, 0.15) is 43.2 Å². The molecule has 0 amide bonds. The lowest BCUT2D eigenvalue weighted by Crippen LogP contribution is -2.18. The number of fused-ring (bicyclic) bond motifs is 1. The molecule has 92 valence electrons. The molecule has 0 aliphatic carbocycles. The molecular formula is C15H21NO. The number of hydrogen-bond acceptors (Lipinski definition) is 2. The summed E-state index contributed by atoms with van der Waals surface area (Å²) in [7, 11) is 0. The van der Waals surface area contributed by atoms with Crippen LogP contribution in [0.25, 0.3) is 11.0 Å². The van der Waals surface area contributed by atoms with Gasteiger partial charge in [0.15, 0.2) is 0 Å². The van der Waals surface area contributed by atoms with E-state index in [1.165, 1.54) is 16.5 Å². The van der Waals surface area contributed by atoms with Gasteiger partial charge in [-0.05, 0) is 51.4 Å². The van der Waals surface area contributed by atoms with Crippen molar-refractivity contribution >= 4 is 11.0 Å². The van der Waals surface area contributed by atoms with E-state index in [2.05, 4.69) is 51.2 Å². The van der Waals surface area contributed by atoms with E-state index in [0.717, 1.165) is 24.3 Å². The van der Waals surface area contributed by atoms with Crippen LogP contribution in [0.4, 0.5) is 0 Å². The van der Waals surface area contributed by atoms with E-state index in [1.54, 1.807) is 0 Å². The molecule has 0 saturated heterocycles. The van der Waals surface area contributed by atoms with Gasteiger partial charge in [0.2, 0.25) is 0 Å². The predicted molar refractivity (Wildman–Crippen MR) is 72.4 cm³/mol. The van der Waals surface area contributed by atoms with Gasteiger partial charge >= 0.3 is 0 Å². The van der Waals surface area contributed by atoms with Gasteiger partial charge in [0.25, 0.3) is 0 Å². The molecule has 0 bridgehead atoms. The monoisotopic (exact) mass is 231 g/mol. The molecule has 2 rings (SSSR count). The second-order valence-electron chi connectivity index (χ2n) is 4.82. The number of aryl methyl sites for hydroxylation is 2. The Balaban J connectivity index is 2.34. The molecule has 0 saturated carbocycles. The van der Waals surface area contributed by atoms with Gasteiger partial charge < -0.3 is 9.73 Å². The van der Waals surface area contributed by atoms with Crippen molar-refractivity contribution in [1.29, 1.82) is 0 Å². The van der Waals surface area contributed by atoms with Crippen molar-refractivity contribution in [3.63, 3.8) is 0 Å². The van der Waals surface area contributed by atoms with Gasteiger partial charge in [0.1, 0.15) is 11.3 Å². The third-order valence-corrected chi connectivity index (χ3v) is 3.09. The first kappa shape index (κ1) is 12.2. The lowest BCUT2D eigenvalue weighted by atomic mass is 10.1. The van der Waals surface area contributed by atoms with E-state index < -0.39 is 0 Å². The molecule has 1 heterocycles. The highest BCUT2D eigenvalue weighted by Gasteiger charge is 2.12. The quantitative estimate of drug-likeness (QED) is 0.856. The van der Waals surface area contributed by atoms with Crippen LogP contribution < -0.4 is 5.32 Å². The minimum atomic E-state index is 0.280. The van der Waals surface area contributed by atoms with Crippen molar-refractivity contribution in [2.75, 3.05) is 6.54 Å². The molecule has 1 aromatic heterocycles. The molecule has 0 aliphatic rings. The molecule has 1 N–H and O–H groups in total. The fraction of sp³-hybridized carbons (Fsp3) is 0.467. The second-order valence-corrected chi connectivity index (χ2v) is 4.82. The molecule has 1 unspecified atom stereocenters.